The Kier molecular flexibility index (Phi) is 7.63. The molecule has 0 aliphatic carbocycles. The van der Waals surface area contributed by atoms with Crippen LogP contribution in [0.1, 0.15) is 50.9 Å². The van der Waals surface area contributed by atoms with E-state index in [1.54, 1.807) is 18.8 Å². The average Bonchev–Trinajstić information content (AvgIpc) is 3.20. The van der Waals surface area contributed by atoms with Crippen LogP contribution in [-0.4, -0.2) is 11.2 Å². The van der Waals surface area contributed by atoms with E-state index in [-0.39, 0.29) is 0 Å². The van der Waals surface area contributed by atoms with Crippen molar-refractivity contribution in [1.29, 1.82) is 0 Å². The van der Waals surface area contributed by atoms with Crippen LogP contribution in [0.25, 0.3) is 0 Å². The third-order valence-corrected chi connectivity index (χ3v) is 4.09. The molecule has 0 aromatic carbocycles. The lowest BCUT2D eigenvalue weighted by atomic mass is 10.0. The number of aryl methyl sites for hydroxylation is 2. The Balaban J connectivity index is 1.66. The normalized spacial score (nSPS) is 14.1. The van der Waals surface area contributed by atoms with E-state index in [2.05, 4.69) is 19.9 Å². The summed E-state index contributed by atoms with van der Waals surface area (Å²) < 4.78 is 10.4. The molecule has 0 unspecified atom stereocenters. The summed E-state index contributed by atoms with van der Waals surface area (Å²) in [6.45, 7) is 4.17. The standard InChI is InChI=1S/C21H28O3/c1-17(6-3-8-19-11-13-23-16-19)14-20(22)15-18(2)7-4-9-21-10-5-12-24-21/h5,7,10-14,16,20,22H,3-4,6,8-9,15H2,1-2H3/b17-14+,18-7+/t20-/m0/s1. The lowest BCUT2D eigenvalue weighted by Gasteiger charge is -2.09. The molecule has 0 amide bonds. The fourth-order valence-corrected chi connectivity index (χ4v) is 2.81. The van der Waals surface area contributed by atoms with Crippen LogP contribution in [0.2, 0.25) is 0 Å². The number of rotatable bonds is 10. The van der Waals surface area contributed by atoms with Gasteiger partial charge >= 0.3 is 0 Å². The van der Waals surface area contributed by atoms with E-state index in [1.165, 1.54) is 16.7 Å². The summed E-state index contributed by atoms with van der Waals surface area (Å²) in [5.74, 6) is 1.01. The van der Waals surface area contributed by atoms with Gasteiger partial charge in [0.1, 0.15) is 5.76 Å². The van der Waals surface area contributed by atoms with Crippen LogP contribution in [0.3, 0.4) is 0 Å². The van der Waals surface area contributed by atoms with E-state index in [1.807, 2.05) is 24.3 Å². The Morgan fingerprint density at radius 1 is 1.17 bits per heavy atom. The highest BCUT2D eigenvalue weighted by molar-refractivity contribution is 5.10. The predicted octanol–water partition coefficient (Wildman–Crippen LogP) is 5.47. The number of allylic oxidation sites excluding steroid dienone is 2. The highest BCUT2D eigenvalue weighted by Crippen LogP contribution is 2.14. The van der Waals surface area contributed by atoms with Gasteiger partial charge in [0.2, 0.25) is 0 Å². The third-order valence-electron chi connectivity index (χ3n) is 4.09. The van der Waals surface area contributed by atoms with Crippen LogP contribution < -0.4 is 0 Å². The summed E-state index contributed by atoms with van der Waals surface area (Å²) in [7, 11) is 0. The molecule has 130 valence electrons. The Morgan fingerprint density at radius 3 is 2.75 bits per heavy atom. The first-order valence-corrected chi connectivity index (χ1v) is 8.68. The van der Waals surface area contributed by atoms with Gasteiger partial charge in [-0.15, -0.1) is 0 Å². The first kappa shape index (κ1) is 18.3. The monoisotopic (exact) mass is 328 g/mol. The zero-order valence-electron chi connectivity index (χ0n) is 14.7. The highest BCUT2D eigenvalue weighted by Gasteiger charge is 2.03. The zero-order chi connectivity index (χ0) is 17.2. The molecule has 0 aliphatic heterocycles. The zero-order valence-corrected chi connectivity index (χ0v) is 14.7. The topological polar surface area (TPSA) is 46.5 Å². The molecule has 24 heavy (non-hydrogen) atoms. The lowest BCUT2D eigenvalue weighted by molar-refractivity contribution is 0.222. The van der Waals surface area contributed by atoms with Gasteiger partial charge in [0.05, 0.1) is 24.9 Å². The summed E-state index contributed by atoms with van der Waals surface area (Å²) in [4.78, 5) is 0. The van der Waals surface area contributed by atoms with Crippen molar-refractivity contribution in [3.8, 4) is 0 Å². The maximum atomic E-state index is 10.2. The molecule has 0 spiro atoms. The maximum Gasteiger partial charge on any atom is 0.104 e. The van der Waals surface area contributed by atoms with Crippen molar-refractivity contribution >= 4 is 0 Å². The number of hydrogen-bond donors (Lipinski definition) is 1. The molecular formula is C21H28O3. The lowest BCUT2D eigenvalue weighted by Crippen LogP contribution is -2.04. The van der Waals surface area contributed by atoms with Gasteiger partial charge in [-0.25, -0.2) is 0 Å². The van der Waals surface area contributed by atoms with Gasteiger partial charge in [0.25, 0.3) is 0 Å². The second-order valence-corrected chi connectivity index (χ2v) is 6.44. The molecule has 3 nitrogen and oxygen atoms in total. The molecule has 0 saturated carbocycles. The summed E-state index contributed by atoms with van der Waals surface area (Å²) >= 11 is 0. The molecule has 0 bridgehead atoms. The largest absolute Gasteiger partial charge is 0.472 e. The second kappa shape index (κ2) is 9.99. The van der Waals surface area contributed by atoms with E-state index < -0.39 is 6.10 Å². The minimum Gasteiger partial charge on any atom is -0.472 e. The second-order valence-electron chi connectivity index (χ2n) is 6.44. The number of aliphatic hydroxyl groups excluding tert-OH is 1. The first-order valence-electron chi connectivity index (χ1n) is 8.68. The molecule has 0 saturated heterocycles. The van der Waals surface area contributed by atoms with Crippen molar-refractivity contribution in [3.05, 3.63) is 71.6 Å². The van der Waals surface area contributed by atoms with Crippen molar-refractivity contribution in [3.63, 3.8) is 0 Å². The van der Waals surface area contributed by atoms with Crippen LogP contribution in [0.15, 0.2) is 69.1 Å². The molecule has 2 rings (SSSR count). The van der Waals surface area contributed by atoms with Gasteiger partial charge in [0, 0.05) is 6.42 Å². The van der Waals surface area contributed by atoms with Crippen molar-refractivity contribution in [2.24, 2.45) is 0 Å². The summed E-state index contributed by atoms with van der Waals surface area (Å²) in [5, 5.41) is 10.2. The minimum atomic E-state index is -0.404. The van der Waals surface area contributed by atoms with Gasteiger partial charge < -0.3 is 13.9 Å². The Hall–Kier alpha value is -2.00. The molecule has 2 aromatic heterocycles. The molecule has 1 atom stereocenters. The van der Waals surface area contributed by atoms with Gasteiger partial charge in [-0.1, -0.05) is 23.3 Å². The van der Waals surface area contributed by atoms with Gasteiger partial charge in [-0.05, 0) is 69.7 Å². The van der Waals surface area contributed by atoms with Crippen molar-refractivity contribution in [1.82, 2.24) is 0 Å². The van der Waals surface area contributed by atoms with E-state index in [4.69, 9.17) is 8.83 Å². The third kappa shape index (κ3) is 7.05. The molecular weight excluding hydrogens is 300 g/mol. The molecule has 0 radical (unpaired) electrons. The van der Waals surface area contributed by atoms with Crippen molar-refractivity contribution < 1.29 is 13.9 Å². The number of aliphatic hydroxyl groups is 1. The summed E-state index contributed by atoms with van der Waals surface area (Å²) in [6.07, 6.45) is 14.6. The molecule has 2 heterocycles. The Labute approximate surface area is 144 Å². The Morgan fingerprint density at radius 2 is 2.04 bits per heavy atom. The Bertz CT molecular complexity index is 618. The van der Waals surface area contributed by atoms with E-state index in [9.17, 15) is 5.11 Å². The van der Waals surface area contributed by atoms with Gasteiger partial charge in [-0.3, -0.25) is 0 Å². The average molecular weight is 328 g/mol. The minimum absolute atomic E-state index is 0.404. The van der Waals surface area contributed by atoms with E-state index >= 15 is 0 Å². The fourth-order valence-electron chi connectivity index (χ4n) is 2.81. The van der Waals surface area contributed by atoms with Crippen molar-refractivity contribution in [2.75, 3.05) is 0 Å². The highest BCUT2D eigenvalue weighted by atomic mass is 16.3. The van der Waals surface area contributed by atoms with Crippen molar-refractivity contribution in [2.45, 2.75) is 58.5 Å². The molecule has 2 aromatic rings. The summed E-state index contributed by atoms with van der Waals surface area (Å²) in [5.41, 5.74) is 3.70. The van der Waals surface area contributed by atoms with Crippen LogP contribution in [0.5, 0.6) is 0 Å². The van der Waals surface area contributed by atoms with Gasteiger partial charge in [0.15, 0.2) is 0 Å². The summed E-state index contributed by atoms with van der Waals surface area (Å²) in [6, 6.07) is 5.91. The quantitative estimate of drug-likeness (QED) is 0.588. The van der Waals surface area contributed by atoms with Crippen LogP contribution in [0, 0.1) is 0 Å². The predicted molar refractivity (Wildman–Crippen MR) is 96.8 cm³/mol. The smallest absolute Gasteiger partial charge is 0.104 e. The van der Waals surface area contributed by atoms with E-state index in [0.717, 1.165) is 37.9 Å². The maximum absolute atomic E-state index is 10.2. The number of furan rings is 2. The molecule has 0 fully saturated rings. The fraction of sp³-hybridized carbons (Fsp3) is 0.429. The molecule has 1 N–H and O–H groups in total. The van der Waals surface area contributed by atoms with Crippen LogP contribution >= 0.6 is 0 Å². The van der Waals surface area contributed by atoms with Crippen LogP contribution in [0.4, 0.5) is 0 Å². The van der Waals surface area contributed by atoms with Crippen LogP contribution in [-0.2, 0) is 12.8 Å². The van der Waals surface area contributed by atoms with Gasteiger partial charge in [-0.2, -0.15) is 0 Å². The molecule has 3 heteroatoms. The first-order chi connectivity index (χ1) is 11.6. The SMILES string of the molecule is C/C(=C\[C@H](O)C/C(C)=C/CCc1ccco1)CCCc1ccoc1. The molecule has 0 aliphatic rings. The van der Waals surface area contributed by atoms with E-state index in [0.29, 0.717) is 6.42 Å². The number of hydrogen-bond acceptors (Lipinski definition) is 3.